The van der Waals surface area contributed by atoms with Crippen molar-refractivity contribution in [2.24, 2.45) is 7.05 Å². The number of hydrogen-bond acceptors (Lipinski definition) is 5. The Labute approximate surface area is 196 Å². The molecular formula is C26H23ClN6. The zero-order valence-corrected chi connectivity index (χ0v) is 19.0. The lowest BCUT2D eigenvalue weighted by molar-refractivity contribution is 0.589. The third-order valence-electron chi connectivity index (χ3n) is 6.40. The van der Waals surface area contributed by atoms with Crippen molar-refractivity contribution in [3.8, 4) is 22.4 Å². The van der Waals surface area contributed by atoms with Crippen molar-refractivity contribution in [3.63, 3.8) is 0 Å². The van der Waals surface area contributed by atoms with Crippen LogP contribution in [-0.2, 0) is 7.05 Å². The first kappa shape index (κ1) is 20.1. The number of fused-ring (bicyclic) bond motifs is 2. The maximum absolute atomic E-state index is 6.74. The van der Waals surface area contributed by atoms with E-state index in [4.69, 9.17) is 11.6 Å². The van der Waals surface area contributed by atoms with Crippen molar-refractivity contribution >= 4 is 39.4 Å². The molecule has 0 atom stereocenters. The topological polar surface area (TPSA) is 58.9 Å². The molecule has 1 fully saturated rings. The van der Waals surface area contributed by atoms with Gasteiger partial charge in [-0.25, -0.2) is 4.98 Å². The Bertz CT molecular complexity index is 1470. The van der Waals surface area contributed by atoms with Crippen LogP contribution in [0.1, 0.15) is 0 Å². The SMILES string of the molecule is Cn1c(-c2ccc(N3CCNCC3)cc2)c(-c2ccc3nccnc3c2)c2c(Cl)ccnc21. The predicted octanol–water partition coefficient (Wildman–Crippen LogP) is 4.91. The third-order valence-corrected chi connectivity index (χ3v) is 6.72. The normalized spacial score (nSPS) is 14.3. The van der Waals surface area contributed by atoms with Gasteiger partial charge in [0, 0.05) is 68.5 Å². The Morgan fingerprint density at radius 3 is 2.33 bits per heavy atom. The summed E-state index contributed by atoms with van der Waals surface area (Å²) in [5.41, 5.74) is 8.15. The first-order valence-electron chi connectivity index (χ1n) is 11.1. The number of rotatable bonds is 3. The number of hydrogen-bond donors (Lipinski definition) is 1. The number of aromatic nitrogens is 4. The van der Waals surface area contributed by atoms with E-state index in [1.165, 1.54) is 5.69 Å². The van der Waals surface area contributed by atoms with Crippen molar-refractivity contribution in [1.82, 2.24) is 24.8 Å². The predicted molar refractivity (Wildman–Crippen MR) is 135 cm³/mol. The van der Waals surface area contributed by atoms with E-state index in [1.54, 1.807) is 18.6 Å². The molecule has 3 aromatic heterocycles. The summed E-state index contributed by atoms with van der Waals surface area (Å²) >= 11 is 6.74. The van der Waals surface area contributed by atoms with Gasteiger partial charge < -0.3 is 14.8 Å². The molecule has 164 valence electrons. The lowest BCUT2D eigenvalue weighted by Crippen LogP contribution is -2.43. The summed E-state index contributed by atoms with van der Waals surface area (Å²) in [6, 6.07) is 16.9. The van der Waals surface area contributed by atoms with Crippen molar-refractivity contribution in [3.05, 3.63) is 72.1 Å². The average molecular weight is 455 g/mol. The fourth-order valence-electron chi connectivity index (χ4n) is 4.80. The van der Waals surface area contributed by atoms with Crippen molar-refractivity contribution < 1.29 is 0 Å². The van der Waals surface area contributed by atoms with E-state index in [9.17, 15) is 0 Å². The second-order valence-corrected chi connectivity index (χ2v) is 8.72. The van der Waals surface area contributed by atoms with Gasteiger partial charge >= 0.3 is 0 Å². The van der Waals surface area contributed by atoms with Gasteiger partial charge in [0.1, 0.15) is 5.65 Å². The zero-order chi connectivity index (χ0) is 22.4. The number of benzene rings is 2. The monoisotopic (exact) mass is 454 g/mol. The van der Waals surface area contributed by atoms with E-state index in [0.717, 1.165) is 70.6 Å². The van der Waals surface area contributed by atoms with Gasteiger partial charge in [-0.2, -0.15) is 0 Å². The number of piperazine rings is 1. The Morgan fingerprint density at radius 1 is 0.818 bits per heavy atom. The summed E-state index contributed by atoms with van der Waals surface area (Å²) in [5.74, 6) is 0. The molecule has 4 heterocycles. The molecule has 33 heavy (non-hydrogen) atoms. The lowest BCUT2D eigenvalue weighted by Gasteiger charge is -2.29. The lowest BCUT2D eigenvalue weighted by atomic mass is 9.98. The highest BCUT2D eigenvalue weighted by Crippen LogP contribution is 2.43. The van der Waals surface area contributed by atoms with Gasteiger partial charge in [-0.15, -0.1) is 0 Å². The van der Waals surface area contributed by atoms with Gasteiger partial charge in [0.15, 0.2) is 0 Å². The Balaban J connectivity index is 1.56. The minimum atomic E-state index is 0.688. The van der Waals surface area contributed by atoms with Crippen molar-refractivity contribution in [2.45, 2.75) is 0 Å². The molecule has 1 N–H and O–H groups in total. The average Bonchev–Trinajstić information content (AvgIpc) is 3.18. The zero-order valence-electron chi connectivity index (χ0n) is 18.3. The Kier molecular flexibility index (Phi) is 4.97. The van der Waals surface area contributed by atoms with Gasteiger partial charge in [-0.1, -0.05) is 29.8 Å². The number of nitrogens with zero attached hydrogens (tertiary/aromatic N) is 5. The van der Waals surface area contributed by atoms with Crippen LogP contribution in [0.25, 0.3) is 44.5 Å². The van der Waals surface area contributed by atoms with Crippen LogP contribution in [0.4, 0.5) is 5.69 Å². The minimum absolute atomic E-state index is 0.688. The molecule has 5 aromatic rings. The summed E-state index contributed by atoms with van der Waals surface area (Å²) in [6.45, 7) is 4.08. The second kappa shape index (κ2) is 8.14. The molecule has 2 aromatic carbocycles. The van der Waals surface area contributed by atoms with Crippen LogP contribution >= 0.6 is 11.6 Å². The maximum atomic E-state index is 6.74. The van der Waals surface area contributed by atoms with E-state index in [-0.39, 0.29) is 0 Å². The van der Waals surface area contributed by atoms with E-state index >= 15 is 0 Å². The number of anilines is 1. The molecule has 0 saturated carbocycles. The van der Waals surface area contributed by atoms with Gasteiger partial charge in [-0.3, -0.25) is 9.97 Å². The summed E-state index contributed by atoms with van der Waals surface area (Å²) < 4.78 is 2.14. The molecular weight excluding hydrogens is 432 g/mol. The summed E-state index contributed by atoms with van der Waals surface area (Å²) in [5, 5.41) is 5.05. The highest BCUT2D eigenvalue weighted by Gasteiger charge is 2.22. The second-order valence-electron chi connectivity index (χ2n) is 8.32. The first-order chi connectivity index (χ1) is 16.2. The molecule has 0 unspecified atom stereocenters. The number of nitrogens with one attached hydrogen (secondary N) is 1. The van der Waals surface area contributed by atoms with Gasteiger partial charge in [0.25, 0.3) is 0 Å². The van der Waals surface area contributed by atoms with Gasteiger partial charge in [0.2, 0.25) is 0 Å². The number of halogens is 1. The first-order valence-corrected chi connectivity index (χ1v) is 11.5. The molecule has 0 radical (unpaired) electrons. The summed E-state index contributed by atoms with van der Waals surface area (Å²) in [4.78, 5) is 16.0. The Hall–Kier alpha value is -3.48. The van der Waals surface area contributed by atoms with Crippen LogP contribution in [0, 0.1) is 0 Å². The van der Waals surface area contributed by atoms with E-state index < -0.39 is 0 Å². The molecule has 1 aliphatic rings. The largest absolute Gasteiger partial charge is 0.369 e. The summed E-state index contributed by atoms with van der Waals surface area (Å²) in [7, 11) is 2.05. The fourth-order valence-corrected chi connectivity index (χ4v) is 5.03. The number of pyridine rings is 1. The van der Waals surface area contributed by atoms with Crippen LogP contribution < -0.4 is 10.2 Å². The quantitative estimate of drug-likeness (QED) is 0.419. The van der Waals surface area contributed by atoms with Crippen molar-refractivity contribution in [2.75, 3.05) is 31.1 Å². The smallest absolute Gasteiger partial charge is 0.142 e. The van der Waals surface area contributed by atoms with E-state index in [1.807, 2.05) is 12.1 Å². The van der Waals surface area contributed by atoms with Crippen molar-refractivity contribution in [1.29, 1.82) is 0 Å². The fraction of sp³-hybridized carbons (Fsp3) is 0.192. The molecule has 0 aliphatic carbocycles. The van der Waals surface area contributed by atoms with Gasteiger partial charge in [-0.05, 0) is 41.5 Å². The maximum Gasteiger partial charge on any atom is 0.142 e. The third kappa shape index (κ3) is 3.43. The standard InChI is InChI=1S/C26H23ClN6/c1-32-25(17-2-5-19(6-3-17)33-14-12-28-13-15-33)23(24-20(27)8-9-31-26(24)32)18-4-7-21-22(16-18)30-11-10-29-21/h2-11,16,28H,12-15H2,1H3. The molecule has 7 heteroatoms. The molecule has 1 saturated heterocycles. The molecule has 6 nitrogen and oxygen atoms in total. The van der Waals surface area contributed by atoms with Crippen LogP contribution in [0.3, 0.4) is 0 Å². The minimum Gasteiger partial charge on any atom is -0.369 e. The Morgan fingerprint density at radius 2 is 1.55 bits per heavy atom. The van der Waals surface area contributed by atoms with E-state index in [0.29, 0.717) is 5.02 Å². The van der Waals surface area contributed by atoms with Crippen LogP contribution in [0.5, 0.6) is 0 Å². The molecule has 0 amide bonds. The van der Waals surface area contributed by atoms with Crippen LogP contribution in [-0.4, -0.2) is 45.7 Å². The highest BCUT2D eigenvalue weighted by atomic mass is 35.5. The molecule has 0 bridgehead atoms. The molecule has 1 aliphatic heterocycles. The summed E-state index contributed by atoms with van der Waals surface area (Å²) in [6.07, 6.45) is 5.20. The number of aryl methyl sites for hydroxylation is 1. The van der Waals surface area contributed by atoms with Gasteiger partial charge in [0.05, 0.1) is 21.7 Å². The highest BCUT2D eigenvalue weighted by molar-refractivity contribution is 6.37. The molecule has 0 spiro atoms. The molecule has 6 rings (SSSR count). The van der Waals surface area contributed by atoms with Crippen LogP contribution in [0.15, 0.2) is 67.1 Å². The van der Waals surface area contributed by atoms with Crippen LogP contribution in [0.2, 0.25) is 5.02 Å². The van der Waals surface area contributed by atoms with E-state index in [2.05, 4.69) is 73.2 Å².